The molecule has 4 unspecified atom stereocenters. The summed E-state index contributed by atoms with van der Waals surface area (Å²) in [4.78, 5) is 11.1. The summed E-state index contributed by atoms with van der Waals surface area (Å²) in [5.41, 5.74) is 0. The number of aliphatic hydroxyl groups excluding tert-OH is 1. The van der Waals surface area contributed by atoms with Crippen LogP contribution in [-0.2, 0) is 4.79 Å². The van der Waals surface area contributed by atoms with Crippen molar-refractivity contribution in [1.29, 1.82) is 0 Å². The molecule has 72 valence electrons. The Morgan fingerprint density at radius 3 is 2.77 bits per heavy atom. The lowest BCUT2D eigenvalue weighted by Crippen LogP contribution is -2.45. The molecule has 0 saturated heterocycles. The van der Waals surface area contributed by atoms with Gasteiger partial charge in [-0.15, -0.1) is 0 Å². The van der Waals surface area contributed by atoms with Crippen LogP contribution in [0.2, 0.25) is 0 Å². The van der Waals surface area contributed by atoms with Crippen LogP contribution in [0.15, 0.2) is 12.2 Å². The average Bonchev–Trinajstić information content (AvgIpc) is 2.69. The van der Waals surface area contributed by atoms with Gasteiger partial charge in [-0.1, -0.05) is 19.1 Å². The molecule has 0 aromatic rings. The highest BCUT2D eigenvalue weighted by Crippen LogP contribution is 2.39. The van der Waals surface area contributed by atoms with Crippen LogP contribution >= 0.6 is 0 Å². The molecular weight excluding hydrogens is 166 g/mol. The molecule has 0 spiro atoms. The number of nitrogens with one attached hydrogen (secondary N) is 1. The first kappa shape index (κ1) is 8.75. The van der Waals surface area contributed by atoms with E-state index in [1.54, 1.807) is 0 Å². The molecule has 2 aliphatic carbocycles. The van der Waals surface area contributed by atoms with Crippen LogP contribution in [0.1, 0.15) is 19.8 Å². The summed E-state index contributed by atoms with van der Waals surface area (Å²) >= 11 is 0. The van der Waals surface area contributed by atoms with Crippen LogP contribution in [0.25, 0.3) is 0 Å². The lowest BCUT2D eigenvalue weighted by Gasteiger charge is -2.24. The van der Waals surface area contributed by atoms with E-state index in [-0.39, 0.29) is 24.0 Å². The number of amides is 1. The van der Waals surface area contributed by atoms with E-state index in [0.717, 1.165) is 6.42 Å². The smallest absolute Gasteiger partial charge is 0.220 e. The number of fused-ring (bicyclic) bond motifs is 2. The molecule has 4 atom stereocenters. The summed E-state index contributed by atoms with van der Waals surface area (Å²) in [6.45, 7) is 1.82. The molecule has 0 heterocycles. The van der Waals surface area contributed by atoms with Crippen molar-refractivity contribution in [2.75, 3.05) is 0 Å². The Bertz CT molecular complexity index is 249. The first-order chi connectivity index (χ1) is 6.22. The molecule has 2 bridgehead atoms. The molecule has 1 fully saturated rings. The first-order valence-electron chi connectivity index (χ1n) is 4.88. The summed E-state index contributed by atoms with van der Waals surface area (Å²) in [7, 11) is 0. The van der Waals surface area contributed by atoms with Gasteiger partial charge in [-0.05, 0) is 6.42 Å². The van der Waals surface area contributed by atoms with E-state index in [4.69, 9.17) is 0 Å². The fraction of sp³-hybridized carbons (Fsp3) is 0.700. The van der Waals surface area contributed by atoms with Gasteiger partial charge in [0.1, 0.15) is 0 Å². The first-order valence-corrected chi connectivity index (χ1v) is 4.88. The van der Waals surface area contributed by atoms with Crippen molar-refractivity contribution in [2.45, 2.75) is 31.9 Å². The Morgan fingerprint density at radius 2 is 2.23 bits per heavy atom. The molecule has 2 N–H and O–H groups in total. The molecule has 2 rings (SSSR count). The Morgan fingerprint density at radius 1 is 1.54 bits per heavy atom. The Hall–Kier alpha value is -0.830. The summed E-state index contributed by atoms with van der Waals surface area (Å²) in [6.07, 6.45) is 5.28. The second kappa shape index (κ2) is 3.14. The van der Waals surface area contributed by atoms with Crippen LogP contribution in [0, 0.1) is 11.8 Å². The third-order valence-electron chi connectivity index (χ3n) is 3.07. The topological polar surface area (TPSA) is 49.3 Å². The van der Waals surface area contributed by atoms with E-state index in [1.165, 1.54) is 0 Å². The van der Waals surface area contributed by atoms with Gasteiger partial charge < -0.3 is 10.4 Å². The van der Waals surface area contributed by atoms with Gasteiger partial charge in [0.15, 0.2) is 0 Å². The van der Waals surface area contributed by atoms with Crippen molar-refractivity contribution < 1.29 is 9.90 Å². The molecule has 13 heavy (non-hydrogen) atoms. The van der Waals surface area contributed by atoms with Gasteiger partial charge in [0.25, 0.3) is 0 Å². The van der Waals surface area contributed by atoms with Gasteiger partial charge in [0.05, 0.1) is 12.1 Å². The van der Waals surface area contributed by atoms with Gasteiger partial charge in [-0.2, -0.15) is 0 Å². The molecular formula is C10H15NO2. The van der Waals surface area contributed by atoms with Crippen molar-refractivity contribution in [3.63, 3.8) is 0 Å². The normalized spacial score (nSPS) is 41.1. The monoisotopic (exact) mass is 181 g/mol. The molecule has 0 aromatic carbocycles. The second-order valence-electron chi connectivity index (χ2n) is 3.89. The predicted octanol–water partition coefficient (Wildman–Crippen LogP) is 0.448. The highest BCUT2D eigenvalue weighted by Gasteiger charge is 2.43. The van der Waals surface area contributed by atoms with Crippen molar-refractivity contribution in [3.8, 4) is 0 Å². The number of hydrogen-bond donors (Lipinski definition) is 2. The van der Waals surface area contributed by atoms with E-state index < -0.39 is 0 Å². The van der Waals surface area contributed by atoms with E-state index in [9.17, 15) is 9.90 Å². The largest absolute Gasteiger partial charge is 0.390 e. The van der Waals surface area contributed by atoms with Crippen molar-refractivity contribution in [3.05, 3.63) is 12.2 Å². The van der Waals surface area contributed by atoms with Crippen LogP contribution in [-0.4, -0.2) is 23.2 Å². The second-order valence-corrected chi connectivity index (χ2v) is 3.89. The van der Waals surface area contributed by atoms with Crippen LogP contribution < -0.4 is 5.32 Å². The van der Waals surface area contributed by atoms with Crippen LogP contribution in [0.4, 0.5) is 0 Å². The maximum atomic E-state index is 11.1. The molecule has 3 nitrogen and oxygen atoms in total. The third-order valence-corrected chi connectivity index (χ3v) is 3.07. The highest BCUT2D eigenvalue weighted by atomic mass is 16.3. The predicted molar refractivity (Wildman–Crippen MR) is 49.0 cm³/mol. The molecule has 1 amide bonds. The summed E-state index contributed by atoms with van der Waals surface area (Å²) in [5, 5.41) is 12.6. The quantitative estimate of drug-likeness (QED) is 0.608. The SMILES string of the molecule is CCC(=O)NC1C2C=CC(C2)C1O. The van der Waals surface area contributed by atoms with Crippen molar-refractivity contribution in [2.24, 2.45) is 11.8 Å². The lowest BCUT2D eigenvalue weighted by molar-refractivity contribution is -0.122. The molecule has 2 aliphatic rings. The van der Waals surface area contributed by atoms with Crippen molar-refractivity contribution in [1.82, 2.24) is 5.32 Å². The fourth-order valence-corrected chi connectivity index (χ4v) is 2.28. The maximum absolute atomic E-state index is 11.1. The van der Waals surface area contributed by atoms with E-state index >= 15 is 0 Å². The number of carbonyl (C=O) groups is 1. The fourth-order valence-electron chi connectivity index (χ4n) is 2.28. The summed E-state index contributed by atoms with van der Waals surface area (Å²) < 4.78 is 0. The van der Waals surface area contributed by atoms with Gasteiger partial charge >= 0.3 is 0 Å². The van der Waals surface area contributed by atoms with Crippen LogP contribution in [0.5, 0.6) is 0 Å². The summed E-state index contributed by atoms with van der Waals surface area (Å²) in [6, 6.07) is -0.0394. The van der Waals surface area contributed by atoms with Gasteiger partial charge in [-0.25, -0.2) is 0 Å². The zero-order valence-corrected chi connectivity index (χ0v) is 7.73. The minimum Gasteiger partial charge on any atom is -0.390 e. The molecule has 1 saturated carbocycles. The number of hydrogen-bond acceptors (Lipinski definition) is 2. The van der Waals surface area contributed by atoms with Gasteiger partial charge in [0.2, 0.25) is 5.91 Å². The minimum atomic E-state index is -0.370. The average molecular weight is 181 g/mol. The van der Waals surface area contributed by atoms with Gasteiger partial charge in [0, 0.05) is 18.3 Å². The molecule has 0 aromatic heterocycles. The number of carbonyl (C=O) groups excluding carboxylic acids is 1. The Balaban J connectivity index is 2.01. The Kier molecular flexibility index (Phi) is 2.12. The summed E-state index contributed by atoms with van der Waals surface area (Å²) in [5.74, 6) is 0.660. The van der Waals surface area contributed by atoms with E-state index in [2.05, 4.69) is 17.5 Å². The highest BCUT2D eigenvalue weighted by molar-refractivity contribution is 5.76. The van der Waals surface area contributed by atoms with E-state index in [1.807, 2.05) is 6.92 Å². The molecule has 0 radical (unpaired) electrons. The third kappa shape index (κ3) is 1.37. The van der Waals surface area contributed by atoms with Crippen molar-refractivity contribution >= 4 is 5.91 Å². The minimum absolute atomic E-state index is 0.0324. The molecule has 3 heteroatoms. The zero-order chi connectivity index (χ0) is 9.42. The lowest BCUT2D eigenvalue weighted by atomic mass is 9.98. The number of rotatable bonds is 2. The van der Waals surface area contributed by atoms with E-state index in [0.29, 0.717) is 12.3 Å². The standard InChI is InChI=1S/C10H15NO2/c1-2-8(12)11-9-6-3-4-7(5-6)10(9)13/h3-4,6-7,9-10,13H,2,5H2,1H3,(H,11,12). The maximum Gasteiger partial charge on any atom is 0.220 e. The zero-order valence-electron chi connectivity index (χ0n) is 7.73. The Labute approximate surface area is 77.8 Å². The van der Waals surface area contributed by atoms with Crippen LogP contribution in [0.3, 0.4) is 0 Å². The molecule has 0 aliphatic heterocycles. The van der Waals surface area contributed by atoms with Gasteiger partial charge in [-0.3, -0.25) is 4.79 Å². The number of aliphatic hydroxyl groups is 1.